The molecule has 1 aliphatic heterocycles. The van der Waals surface area contributed by atoms with Gasteiger partial charge in [-0.2, -0.15) is 4.31 Å². The van der Waals surface area contributed by atoms with Crippen LogP contribution in [0.1, 0.15) is 11.1 Å². The van der Waals surface area contributed by atoms with Crippen molar-refractivity contribution in [3.8, 4) is 11.5 Å². The molecule has 2 aromatic rings. The average molecular weight is 387 g/mol. The van der Waals surface area contributed by atoms with Crippen LogP contribution in [0, 0.1) is 17.5 Å². The SMILES string of the molecule is COc1cc2c(cc1OC)CN(S(=O)(=O)c1ccc(F)c(F)c1F)CC2. The smallest absolute Gasteiger partial charge is 0.246 e. The van der Waals surface area contributed by atoms with E-state index in [-0.39, 0.29) is 13.1 Å². The van der Waals surface area contributed by atoms with Crippen LogP contribution in [-0.4, -0.2) is 33.5 Å². The molecule has 0 bridgehead atoms. The summed E-state index contributed by atoms with van der Waals surface area (Å²) in [6.45, 7) is 0.0275. The van der Waals surface area contributed by atoms with Crippen molar-refractivity contribution in [1.82, 2.24) is 4.31 Å². The van der Waals surface area contributed by atoms with Gasteiger partial charge in [0.05, 0.1) is 14.2 Å². The van der Waals surface area contributed by atoms with Gasteiger partial charge in [-0.05, 0) is 41.8 Å². The van der Waals surface area contributed by atoms with Crippen molar-refractivity contribution >= 4 is 10.0 Å². The fourth-order valence-corrected chi connectivity index (χ4v) is 4.38. The summed E-state index contributed by atoms with van der Waals surface area (Å²) in [4.78, 5) is -0.889. The lowest BCUT2D eigenvalue weighted by Gasteiger charge is -2.29. The van der Waals surface area contributed by atoms with Gasteiger partial charge in [0.15, 0.2) is 29.0 Å². The van der Waals surface area contributed by atoms with E-state index in [4.69, 9.17) is 9.47 Å². The minimum atomic E-state index is -4.33. The number of hydrogen-bond donors (Lipinski definition) is 0. The summed E-state index contributed by atoms with van der Waals surface area (Å²) >= 11 is 0. The molecule has 1 aliphatic rings. The second-order valence-corrected chi connectivity index (χ2v) is 7.64. The zero-order valence-corrected chi connectivity index (χ0v) is 14.9. The lowest BCUT2D eigenvalue weighted by Crippen LogP contribution is -2.36. The molecule has 26 heavy (non-hydrogen) atoms. The van der Waals surface area contributed by atoms with Crippen LogP contribution >= 0.6 is 0 Å². The van der Waals surface area contributed by atoms with Crippen LogP contribution in [0.4, 0.5) is 13.2 Å². The number of hydrogen-bond acceptors (Lipinski definition) is 4. The molecule has 0 N–H and O–H groups in total. The van der Waals surface area contributed by atoms with Crippen LogP contribution in [-0.2, 0) is 23.0 Å². The highest BCUT2D eigenvalue weighted by Gasteiger charge is 2.33. The summed E-state index contributed by atoms with van der Waals surface area (Å²) in [5, 5.41) is 0. The molecule has 0 fully saturated rings. The van der Waals surface area contributed by atoms with Crippen LogP contribution in [0.3, 0.4) is 0 Å². The highest BCUT2D eigenvalue weighted by Crippen LogP contribution is 2.35. The summed E-state index contributed by atoms with van der Waals surface area (Å²) in [6.07, 6.45) is 0.361. The third-order valence-electron chi connectivity index (χ3n) is 4.30. The van der Waals surface area contributed by atoms with Crippen LogP contribution in [0.2, 0.25) is 0 Å². The molecule has 2 aromatic carbocycles. The third kappa shape index (κ3) is 3.01. The predicted octanol–water partition coefficient (Wildman–Crippen LogP) is 2.87. The second-order valence-electron chi connectivity index (χ2n) is 5.74. The van der Waals surface area contributed by atoms with Crippen molar-refractivity contribution < 1.29 is 31.1 Å². The van der Waals surface area contributed by atoms with Gasteiger partial charge >= 0.3 is 0 Å². The summed E-state index contributed by atoms with van der Waals surface area (Å²) in [7, 11) is -1.38. The zero-order chi connectivity index (χ0) is 19.1. The maximum atomic E-state index is 14.0. The summed E-state index contributed by atoms with van der Waals surface area (Å²) in [6, 6.07) is 4.73. The van der Waals surface area contributed by atoms with Crippen LogP contribution < -0.4 is 9.47 Å². The van der Waals surface area contributed by atoms with Gasteiger partial charge in [0.2, 0.25) is 10.0 Å². The molecule has 3 rings (SSSR count). The van der Waals surface area contributed by atoms with Crippen molar-refractivity contribution in [2.45, 2.75) is 17.9 Å². The molecule has 0 spiro atoms. The zero-order valence-electron chi connectivity index (χ0n) is 14.1. The van der Waals surface area contributed by atoms with Crippen molar-refractivity contribution in [2.75, 3.05) is 20.8 Å². The highest BCUT2D eigenvalue weighted by atomic mass is 32.2. The van der Waals surface area contributed by atoms with E-state index in [2.05, 4.69) is 0 Å². The molecule has 0 unspecified atom stereocenters. The fraction of sp³-hybridized carbons (Fsp3) is 0.294. The molecule has 0 aromatic heterocycles. The van der Waals surface area contributed by atoms with Gasteiger partial charge in [-0.3, -0.25) is 0 Å². The summed E-state index contributed by atoms with van der Waals surface area (Å²) < 4.78 is 77.4. The van der Waals surface area contributed by atoms with Gasteiger partial charge in [-0.1, -0.05) is 0 Å². The number of sulfonamides is 1. The molecule has 0 amide bonds. The fourth-order valence-electron chi connectivity index (χ4n) is 2.91. The van der Waals surface area contributed by atoms with Gasteiger partial charge in [-0.15, -0.1) is 0 Å². The number of benzene rings is 2. The molecule has 5 nitrogen and oxygen atoms in total. The minimum Gasteiger partial charge on any atom is -0.493 e. The number of halogens is 3. The van der Waals surface area contributed by atoms with Gasteiger partial charge in [-0.25, -0.2) is 21.6 Å². The molecule has 0 saturated heterocycles. The van der Waals surface area contributed by atoms with Gasteiger partial charge in [0.25, 0.3) is 0 Å². The normalized spacial score (nSPS) is 14.8. The van der Waals surface area contributed by atoms with Crippen molar-refractivity contribution in [2.24, 2.45) is 0 Å². The predicted molar refractivity (Wildman–Crippen MR) is 87.2 cm³/mol. The van der Waals surface area contributed by atoms with E-state index in [0.717, 1.165) is 15.9 Å². The Labute approximate surface area is 149 Å². The Morgan fingerprint density at radius 3 is 2.19 bits per heavy atom. The monoisotopic (exact) mass is 387 g/mol. The lowest BCUT2D eigenvalue weighted by molar-refractivity contribution is 0.348. The first-order valence-electron chi connectivity index (χ1n) is 7.67. The molecule has 0 saturated carbocycles. The largest absolute Gasteiger partial charge is 0.493 e. The van der Waals surface area contributed by atoms with Crippen molar-refractivity contribution in [1.29, 1.82) is 0 Å². The first kappa shape index (κ1) is 18.5. The van der Waals surface area contributed by atoms with E-state index in [1.165, 1.54) is 14.2 Å². The average Bonchev–Trinajstić information content (AvgIpc) is 2.64. The second kappa shape index (κ2) is 6.81. The number of rotatable bonds is 4. The molecule has 0 aliphatic carbocycles. The molecular weight excluding hydrogens is 371 g/mol. The Morgan fingerprint density at radius 1 is 0.962 bits per heavy atom. The number of methoxy groups -OCH3 is 2. The van der Waals surface area contributed by atoms with E-state index in [1.54, 1.807) is 12.1 Å². The molecule has 140 valence electrons. The first-order chi connectivity index (χ1) is 12.3. The van der Waals surface area contributed by atoms with Gasteiger partial charge in [0.1, 0.15) is 4.90 Å². The van der Waals surface area contributed by atoms with Crippen LogP contribution in [0.5, 0.6) is 11.5 Å². The van der Waals surface area contributed by atoms with Crippen molar-refractivity contribution in [3.63, 3.8) is 0 Å². The maximum absolute atomic E-state index is 14.0. The lowest BCUT2D eigenvalue weighted by atomic mass is 10.0. The first-order valence-corrected chi connectivity index (χ1v) is 9.11. The standard InChI is InChI=1S/C17H16F3NO4S/c1-24-13-7-10-5-6-21(9-11(10)8-14(13)25-2)26(22,23)15-4-3-12(18)16(19)17(15)20/h3-4,7-8H,5-6,9H2,1-2H3. The van der Waals surface area contributed by atoms with E-state index < -0.39 is 32.4 Å². The van der Waals surface area contributed by atoms with E-state index in [9.17, 15) is 21.6 Å². The molecule has 0 radical (unpaired) electrons. The molecule has 0 atom stereocenters. The molecular formula is C17H16F3NO4S. The third-order valence-corrected chi connectivity index (χ3v) is 6.16. The molecule has 9 heteroatoms. The van der Waals surface area contributed by atoms with Crippen LogP contribution in [0.25, 0.3) is 0 Å². The van der Waals surface area contributed by atoms with Crippen molar-refractivity contribution in [3.05, 3.63) is 52.8 Å². The molecule has 1 heterocycles. The quantitative estimate of drug-likeness (QED) is 0.757. The Balaban J connectivity index is 1.99. The summed E-state index contributed by atoms with van der Waals surface area (Å²) in [5.41, 5.74) is 1.54. The van der Waals surface area contributed by atoms with Crippen LogP contribution in [0.15, 0.2) is 29.2 Å². The maximum Gasteiger partial charge on any atom is 0.246 e. The van der Waals surface area contributed by atoms with E-state index in [0.29, 0.717) is 29.5 Å². The Morgan fingerprint density at radius 2 is 1.58 bits per heavy atom. The number of ether oxygens (including phenoxy) is 2. The highest BCUT2D eigenvalue weighted by molar-refractivity contribution is 7.89. The van der Waals surface area contributed by atoms with E-state index in [1.807, 2.05) is 0 Å². The summed E-state index contributed by atoms with van der Waals surface area (Å²) in [5.74, 6) is -4.01. The minimum absolute atomic E-state index is 0.0452. The Bertz CT molecular complexity index is 963. The van der Waals surface area contributed by atoms with Gasteiger partial charge in [0, 0.05) is 13.1 Å². The number of nitrogens with zero attached hydrogens (tertiary/aromatic N) is 1. The van der Waals surface area contributed by atoms with Gasteiger partial charge < -0.3 is 9.47 Å². The number of fused-ring (bicyclic) bond motifs is 1. The Hall–Kier alpha value is -2.26. The topological polar surface area (TPSA) is 55.8 Å². The Kier molecular flexibility index (Phi) is 4.85. The van der Waals surface area contributed by atoms with E-state index >= 15 is 0 Å².